The van der Waals surface area contributed by atoms with Crippen molar-refractivity contribution in [1.82, 2.24) is 0 Å². The van der Waals surface area contributed by atoms with Crippen molar-refractivity contribution in [1.29, 1.82) is 0 Å². The van der Waals surface area contributed by atoms with Gasteiger partial charge in [-0.3, -0.25) is 4.79 Å². The minimum Gasteiger partial charge on any atom is -0.294 e. The molecule has 0 amide bonds. The number of carbonyl (C=O) groups is 1. The maximum Gasteiger partial charge on any atom is 0.162 e. The number of hydrogen-bond acceptors (Lipinski definition) is 1. The van der Waals surface area contributed by atoms with Crippen LogP contribution >= 0.6 is 38.5 Å². The third-order valence-electron chi connectivity index (χ3n) is 2.70. The largest absolute Gasteiger partial charge is 0.294 e. The van der Waals surface area contributed by atoms with Gasteiger partial charge in [-0.05, 0) is 47.6 Å². The van der Waals surface area contributed by atoms with Gasteiger partial charge < -0.3 is 0 Å². The lowest BCUT2D eigenvalue weighted by Crippen LogP contribution is -1.98. The van der Waals surface area contributed by atoms with Crippen LogP contribution in [0.2, 0.25) is 0 Å². The second-order valence-corrected chi connectivity index (χ2v) is 6.18. The van der Waals surface area contributed by atoms with E-state index in [0.717, 1.165) is 17.3 Å². The molecule has 1 aromatic carbocycles. The third-order valence-corrected chi connectivity index (χ3v) is 3.98. The molecule has 0 aliphatic heterocycles. The highest BCUT2D eigenvalue weighted by Gasteiger charge is 2.04. The van der Waals surface area contributed by atoms with Crippen LogP contribution in [-0.2, 0) is 0 Å². The average molecular weight is 409 g/mol. The maximum atomic E-state index is 11.8. The molecule has 0 aromatic heterocycles. The number of unbranched alkanes of at least 4 members (excludes halogenated alkanes) is 4. The molecule has 0 aliphatic carbocycles. The van der Waals surface area contributed by atoms with Gasteiger partial charge in [0.15, 0.2) is 5.78 Å². The smallest absolute Gasteiger partial charge is 0.162 e. The van der Waals surface area contributed by atoms with Crippen LogP contribution < -0.4 is 0 Å². The van der Waals surface area contributed by atoms with Gasteiger partial charge in [-0.2, -0.15) is 0 Å². The van der Waals surface area contributed by atoms with Crippen LogP contribution in [0, 0.1) is 3.57 Å². The predicted molar refractivity (Wildman–Crippen MR) is 85.0 cm³/mol. The summed E-state index contributed by atoms with van der Waals surface area (Å²) in [6, 6.07) is 7.83. The molecule has 94 valence electrons. The van der Waals surface area contributed by atoms with Crippen LogP contribution in [0.25, 0.3) is 0 Å². The summed E-state index contributed by atoms with van der Waals surface area (Å²) in [5.41, 5.74) is 0.853. The van der Waals surface area contributed by atoms with Crippen molar-refractivity contribution in [3.63, 3.8) is 0 Å². The lowest BCUT2D eigenvalue weighted by molar-refractivity contribution is 0.0979. The minimum absolute atomic E-state index is 0.280. The van der Waals surface area contributed by atoms with Gasteiger partial charge in [-0.15, -0.1) is 0 Å². The van der Waals surface area contributed by atoms with E-state index >= 15 is 0 Å². The van der Waals surface area contributed by atoms with E-state index in [1.165, 1.54) is 29.3 Å². The van der Waals surface area contributed by atoms with Crippen molar-refractivity contribution in [2.24, 2.45) is 0 Å². The molecule has 1 rings (SSSR count). The molecule has 1 aromatic rings. The predicted octanol–water partition coefficient (Wildman–Crippen LogP) is 5.21. The monoisotopic (exact) mass is 408 g/mol. The number of benzene rings is 1. The Labute approximate surface area is 126 Å². The van der Waals surface area contributed by atoms with Crippen LogP contribution in [0.4, 0.5) is 0 Å². The molecule has 17 heavy (non-hydrogen) atoms. The Morgan fingerprint density at radius 2 is 1.59 bits per heavy atom. The Balaban J connectivity index is 2.19. The first kappa shape index (κ1) is 15.2. The van der Waals surface area contributed by atoms with Gasteiger partial charge in [0.2, 0.25) is 0 Å². The molecule has 0 fully saturated rings. The molecular weight excluding hydrogens is 391 g/mol. The fourth-order valence-electron chi connectivity index (χ4n) is 1.69. The van der Waals surface area contributed by atoms with E-state index in [1.807, 2.05) is 24.3 Å². The Bertz CT molecular complexity index is 335. The third kappa shape index (κ3) is 6.55. The fraction of sp³-hybridized carbons (Fsp3) is 0.500. The number of Topliss-reactive ketones (excluding diaryl/α,β-unsaturated/α-hetero) is 1. The van der Waals surface area contributed by atoms with Gasteiger partial charge in [0.1, 0.15) is 0 Å². The van der Waals surface area contributed by atoms with E-state index in [-0.39, 0.29) is 5.78 Å². The molecule has 0 saturated carbocycles. The molecule has 0 unspecified atom stereocenters. The zero-order valence-electron chi connectivity index (χ0n) is 9.92. The summed E-state index contributed by atoms with van der Waals surface area (Å²) in [7, 11) is 0. The van der Waals surface area contributed by atoms with Gasteiger partial charge in [-0.25, -0.2) is 0 Å². The Morgan fingerprint density at radius 3 is 2.24 bits per heavy atom. The molecule has 0 bridgehead atoms. The van der Waals surface area contributed by atoms with Gasteiger partial charge in [0.05, 0.1) is 0 Å². The number of alkyl halides is 1. The van der Waals surface area contributed by atoms with Gasteiger partial charge in [-0.1, -0.05) is 47.3 Å². The number of hydrogen-bond donors (Lipinski definition) is 0. The first-order valence-corrected chi connectivity index (χ1v) is 8.29. The van der Waals surface area contributed by atoms with E-state index in [2.05, 4.69) is 38.5 Å². The van der Waals surface area contributed by atoms with Crippen molar-refractivity contribution in [3.05, 3.63) is 33.4 Å². The summed E-state index contributed by atoms with van der Waals surface area (Å²) in [6.45, 7) is 0. The van der Waals surface area contributed by atoms with E-state index < -0.39 is 0 Å². The quantitative estimate of drug-likeness (QED) is 0.250. The molecular formula is C14H18BrIO. The standard InChI is InChI=1S/C14H18BrIO/c15-11-5-3-1-2-4-6-14(17)12-7-9-13(16)10-8-12/h7-10H,1-6,11H2. The van der Waals surface area contributed by atoms with E-state index in [4.69, 9.17) is 0 Å². The van der Waals surface area contributed by atoms with Gasteiger partial charge >= 0.3 is 0 Å². The van der Waals surface area contributed by atoms with Crippen LogP contribution in [0.15, 0.2) is 24.3 Å². The van der Waals surface area contributed by atoms with Crippen molar-refractivity contribution in [2.75, 3.05) is 5.33 Å². The van der Waals surface area contributed by atoms with Gasteiger partial charge in [0.25, 0.3) is 0 Å². The number of ketones is 1. The lowest BCUT2D eigenvalue weighted by Gasteiger charge is -2.02. The Kier molecular flexibility index (Phi) is 8.10. The summed E-state index contributed by atoms with van der Waals surface area (Å²) in [5.74, 6) is 0.280. The van der Waals surface area contributed by atoms with Crippen molar-refractivity contribution in [3.8, 4) is 0 Å². The maximum absolute atomic E-state index is 11.8. The van der Waals surface area contributed by atoms with E-state index in [1.54, 1.807) is 0 Å². The number of halogens is 2. The van der Waals surface area contributed by atoms with Gasteiger partial charge in [0, 0.05) is 20.9 Å². The number of rotatable bonds is 8. The van der Waals surface area contributed by atoms with Crippen LogP contribution in [0.1, 0.15) is 48.9 Å². The molecule has 0 saturated heterocycles. The van der Waals surface area contributed by atoms with Crippen molar-refractivity contribution < 1.29 is 4.79 Å². The van der Waals surface area contributed by atoms with Crippen LogP contribution in [0.5, 0.6) is 0 Å². The SMILES string of the molecule is O=C(CCCCCCCBr)c1ccc(I)cc1. The Hall–Kier alpha value is 0.1000. The topological polar surface area (TPSA) is 17.1 Å². The van der Waals surface area contributed by atoms with Crippen molar-refractivity contribution >= 4 is 44.3 Å². The molecule has 1 nitrogen and oxygen atoms in total. The fourth-order valence-corrected chi connectivity index (χ4v) is 2.45. The lowest BCUT2D eigenvalue weighted by atomic mass is 10.0. The summed E-state index contributed by atoms with van der Waals surface area (Å²) < 4.78 is 1.17. The zero-order chi connectivity index (χ0) is 12.5. The summed E-state index contributed by atoms with van der Waals surface area (Å²) >= 11 is 5.68. The van der Waals surface area contributed by atoms with Crippen molar-refractivity contribution in [2.45, 2.75) is 38.5 Å². The molecule has 0 atom stereocenters. The average Bonchev–Trinajstić information content (AvgIpc) is 2.34. The summed E-state index contributed by atoms with van der Waals surface area (Å²) in [5, 5.41) is 1.09. The van der Waals surface area contributed by atoms with Crippen LogP contribution in [-0.4, -0.2) is 11.1 Å². The highest BCUT2D eigenvalue weighted by molar-refractivity contribution is 14.1. The summed E-state index contributed by atoms with van der Waals surface area (Å²) in [4.78, 5) is 11.8. The second-order valence-electron chi connectivity index (χ2n) is 4.14. The molecule has 0 aliphatic rings. The molecule has 0 heterocycles. The summed E-state index contributed by atoms with van der Waals surface area (Å²) in [6.07, 6.45) is 6.63. The first-order chi connectivity index (χ1) is 8.24. The molecule has 3 heteroatoms. The van der Waals surface area contributed by atoms with E-state index in [9.17, 15) is 4.79 Å². The first-order valence-electron chi connectivity index (χ1n) is 6.09. The Morgan fingerprint density at radius 1 is 1.00 bits per heavy atom. The van der Waals surface area contributed by atoms with Crippen LogP contribution in [0.3, 0.4) is 0 Å². The molecule has 0 N–H and O–H groups in total. The molecule has 0 radical (unpaired) electrons. The zero-order valence-corrected chi connectivity index (χ0v) is 13.7. The molecule has 0 spiro atoms. The highest BCUT2D eigenvalue weighted by atomic mass is 127. The number of carbonyl (C=O) groups excluding carboxylic acids is 1. The normalized spacial score (nSPS) is 10.5. The highest BCUT2D eigenvalue weighted by Crippen LogP contribution is 2.12. The second kappa shape index (κ2) is 9.09. The van der Waals surface area contributed by atoms with E-state index in [0.29, 0.717) is 6.42 Å². The minimum atomic E-state index is 0.280.